The predicted molar refractivity (Wildman–Crippen MR) is 143 cm³/mol. The Labute approximate surface area is 209 Å². The van der Waals surface area contributed by atoms with Crippen molar-refractivity contribution in [2.45, 2.75) is 0 Å². The molecule has 0 atom stereocenters. The molecule has 0 radical (unpaired) electrons. The summed E-state index contributed by atoms with van der Waals surface area (Å²) in [5.41, 5.74) is 6.64. The lowest BCUT2D eigenvalue weighted by atomic mass is 10.0. The van der Waals surface area contributed by atoms with E-state index in [0.29, 0.717) is 17.5 Å². The van der Waals surface area contributed by atoms with Crippen LogP contribution in [0.1, 0.15) is 0 Å². The van der Waals surface area contributed by atoms with Gasteiger partial charge in [-0.05, 0) is 23.8 Å². The molecule has 0 bridgehead atoms. The van der Waals surface area contributed by atoms with Crippen LogP contribution in [0.2, 0.25) is 0 Å². The molecule has 5 heteroatoms. The maximum Gasteiger partial charge on any atom is 0.164 e. The van der Waals surface area contributed by atoms with Gasteiger partial charge >= 0.3 is 0 Å². The molecule has 0 fully saturated rings. The van der Waals surface area contributed by atoms with Gasteiger partial charge in [-0.25, -0.2) is 15.0 Å². The Morgan fingerprint density at radius 2 is 0.806 bits per heavy atom. The summed E-state index contributed by atoms with van der Waals surface area (Å²) in [4.78, 5) is 23.3. The second-order valence-electron chi connectivity index (χ2n) is 8.26. The van der Waals surface area contributed by atoms with Gasteiger partial charge in [-0.1, -0.05) is 97.1 Å². The van der Waals surface area contributed by atoms with Gasteiger partial charge in [0.15, 0.2) is 17.5 Å². The minimum absolute atomic E-state index is 0.637. The predicted octanol–water partition coefficient (Wildman–Crippen LogP) is 7.00. The lowest BCUT2D eigenvalue weighted by Gasteiger charge is -2.09. The third kappa shape index (κ3) is 4.50. The van der Waals surface area contributed by atoms with Crippen molar-refractivity contribution in [1.82, 2.24) is 24.9 Å². The SMILES string of the molecule is c1ccc(-c2nc(-c3ccccc3)nc(-c3ccc(-c4ccc(-c5ccccn5)nc4)cc3)n2)cc1. The maximum absolute atomic E-state index is 4.81. The fraction of sp³-hybridized carbons (Fsp3) is 0. The maximum atomic E-state index is 4.81. The van der Waals surface area contributed by atoms with E-state index in [4.69, 9.17) is 15.0 Å². The molecule has 170 valence electrons. The van der Waals surface area contributed by atoms with Gasteiger partial charge in [0.1, 0.15) is 0 Å². The molecule has 6 rings (SSSR count). The molecular weight excluding hydrogens is 442 g/mol. The third-order valence-electron chi connectivity index (χ3n) is 5.87. The Morgan fingerprint density at radius 1 is 0.333 bits per heavy atom. The Balaban J connectivity index is 1.35. The minimum Gasteiger partial charge on any atom is -0.255 e. The quantitative estimate of drug-likeness (QED) is 0.275. The minimum atomic E-state index is 0.637. The van der Waals surface area contributed by atoms with Crippen molar-refractivity contribution in [3.05, 3.63) is 128 Å². The van der Waals surface area contributed by atoms with Crippen molar-refractivity contribution < 1.29 is 0 Å². The highest BCUT2D eigenvalue weighted by Gasteiger charge is 2.12. The Hall–Kier alpha value is -5.03. The molecule has 0 unspecified atom stereocenters. The second-order valence-corrected chi connectivity index (χ2v) is 8.26. The van der Waals surface area contributed by atoms with Gasteiger partial charge in [0, 0.05) is 34.6 Å². The summed E-state index contributed by atoms with van der Waals surface area (Å²) in [6.45, 7) is 0. The highest BCUT2D eigenvalue weighted by atomic mass is 15.0. The van der Waals surface area contributed by atoms with E-state index in [0.717, 1.165) is 39.2 Å². The lowest BCUT2D eigenvalue weighted by Crippen LogP contribution is -2.00. The van der Waals surface area contributed by atoms with Gasteiger partial charge in [0.05, 0.1) is 11.4 Å². The van der Waals surface area contributed by atoms with E-state index in [1.807, 2.05) is 103 Å². The van der Waals surface area contributed by atoms with Crippen LogP contribution in [-0.2, 0) is 0 Å². The molecule has 0 aliphatic rings. The zero-order valence-electron chi connectivity index (χ0n) is 19.4. The van der Waals surface area contributed by atoms with Crippen molar-refractivity contribution in [2.75, 3.05) is 0 Å². The molecule has 6 aromatic rings. The van der Waals surface area contributed by atoms with E-state index < -0.39 is 0 Å². The van der Waals surface area contributed by atoms with E-state index in [9.17, 15) is 0 Å². The van der Waals surface area contributed by atoms with Crippen LogP contribution in [0.25, 0.3) is 56.7 Å². The van der Waals surface area contributed by atoms with Gasteiger partial charge < -0.3 is 0 Å². The molecule has 3 heterocycles. The molecule has 3 aromatic heterocycles. The smallest absolute Gasteiger partial charge is 0.164 e. The number of rotatable bonds is 5. The lowest BCUT2D eigenvalue weighted by molar-refractivity contribution is 1.07. The summed E-state index contributed by atoms with van der Waals surface area (Å²) in [6, 6.07) is 38.1. The number of benzene rings is 3. The highest BCUT2D eigenvalue weighted by molar-refractivity contribution is 5.71. The molecule has 0 saturated heterocycles. The van der Waals surface area contributed by atoms with Crippen LogP contribution in [0.5, 0.6) is 0 Å². The van der Waals surface area contributed by atoms with Crippen LogP contribution < -0.4 is 0 Å². The monoisotopic (exact) mass is 463 g/mol. The first-order chi connectivity index (χ1) is 17.8. The van der Waals surface area contributed by atoms with Gasteiger partial charge in [-0.15, -0.1) is 0 Å². The molecule has 0 spiro atoms. The van der Waals surface area contributed by atoms with E-state index >= 15 is 0 Å². The largest absolute Gasteiger partial charge is 0.255 e. The first-order valence-electron chi connectivity index (χ1n) is 11.7. The molecule has 0 N–H and O–H groups in total. The normalized spacial score (nSPS) is 10.8. The first kappa shape index (κ1) is 21.5. The van der Waals surface area contributed by atoms with Crippen LogP contribution in [0.4, 0.5) is 0 Å². The van der Waals surface area contributed by atoms with E-state index in [2.05, 4.69) is 28.2 Å². The van der Waals surface area contributed by atoms with Gasteiger partial charge in [0.2, 0.25) is 0 Å². The molecule has 5 nitrogen and oxygen atoms in total. The molecule has 0 saturated carbocycles. The number of hydrogen-bond donors (Lipinski definition) is 0. The number of hydrogen-bond acceptors (Lipinski definition) is 5. The Bertz CT molecular complexity index is 1530. The van der Waals surface area contributed by atoms with Crippen LogP contribution >= 0.6 is 0 Å². The average Bonchev–Trinajstić information content (AvgIpc) is 2.98. The van der Waals surface area contributed by atoms with Crippen LogP contribution in [0, 0.1) is 0 Å². The highest BCUT2D eigenvalue weighted by Crippen LogP contribution is 2.27. The summed E-state index contributed by atoms with van der Waals surface area (Å²) in [6.07, 6.45) is 3.65. The van der Waals surface area contributed by atoms with Crippen molar-refractivity contribution in [3.63, 3.8) is 0 Å². The molecule has 0 amide bonds. The zero-order chi connectivity index (χ0) is 24.2. The number of aromatic nitrogens is 5. The summed E-state index contributed by atoms with van der Waals surface area (Å²) in [7, 11) is 0. The topological polar surface area (TPSA) is 64.5 Å². The van der Waals surface area contributed by atoms with Crippen LogP contribution in [0.15, 0.2) is 128 Å². The summed E-state index contributed by atoms with van der Waals surface area (Å²) in [5, 5.41) is 0. The molecular formula is C31H21N5. The Kier molecular flexibility index (Phi) is 5.78. The zero-order valence-corrected chi connectivity index (χ0v) is 19.4. The molecule has 36 heavy (non-hydrogen) atoms. The molecule has 0 aliphatic carbocycles. The molecule has 3 aromatic carbocycles. The molecule has 0 aliphatic heterocycles. The summed E-state index contributed by atoms with van der Waals surface area (Å²) in [5.74, 6) is 1.94. The number of pyridine rings is 2. The first-order valence-corrected chi connectivity index (χ1v) is 11.7. The van der Waals surface area contributed by atoms with Crippen molar-refractivity contribution in [3.8, 4) is 56.7 Å². The summed E-state index contributed by atoms with van der Waals surface area (Å²) >= 11 is 0. The van der Waals surface area contributed by atoms with E-state index in [1.54, 1.807) is 6.20 Å². The van der Waals surface area contributed by atoms with E-state index in [1.165, 1.54) is 0 Å². The summed E-state index contributed by atoms with van der Waals surface area (Å²) < 4.78 is 0. The second kappa shape index (κ2) is 9.68. The van der Waals surface area contributed by atoms with Gasteiger partial charge in [-0.2, -0.15) is 0 Å². The average molecular weight is 464 g/mol. The van der Waals surface area contributed by atoms with Crippen molar-refractivity contribution >= 4 is 0 Å². The fourth-order valence-corrected chi connectivity index (χ4v) is 3.98. The van der Waals surface area contributed by atoms with Gasteiger partial charge in [0.25, 0.3) is 0 Å². The van der Waals surface area contributed by atoms with E-state index in [-0.39, 0.29) is 0 Å². The number of nitrogens with zero attached hydrogens (tertiary/aromatic N) is 5. The van der Waals surface area contributed by atoms with Crippen LogP contribution in [-0.4, -0.2) is 24.9 Å². The third-order valence-corrected chi connectivity index (χ3v) is 5.87. The van der Waals surface area contributed by atoms with Gasteiger partial charge in [-0.3, -0.25) is 9.97 Å². The fourth-order valence-electron chi connectivity index (χ4n) is 3.98. The standard InChI is InChI=1S/C31H21N5/c1-3-9-23(10-4-1)29-34-30(24-11-5-2-6-12-24)36-31(35-29)25-16-14-22(15-17-25)26-18-19-28(33-21-26)27-13-7-8-20-32-27/h1-21H. The Morgan fingerprint density at radius 3 is 1.31 bits per heavy atom. The van der Waals surface area contributed by atoms with Crippen molar-refractivity contribution in [1.29, 1.82) is 0 Å². The van der Waals surface area contributed by atoms with Crippen LogP contribution in [0.3, 0.4) is 0 Å². The van der Waals surface area contributed by atoms with Crippen molar-refractivity contribution in [2.24, 2.45) is 0 Å².